The number of anilines is 2. The predicted octanol–water partition coefficient (Wildman–Crippen LogP) is 1.98. The molecule has 1 aliphatic rings. The minimum atomic E-state index is 0.229. The average Bonchev–Trinajstić information content (AvgIpc) is 2.97. The van der Waals surface area contributed by atoms with Crippen LogP contribution in [-0.4, -0.2) is 40.6 Å². The molecule has 0 aromatic carbocycles. The van der Waals surface area contributed by atoms with E-state index < -0.39 is 0 Å². The normalized spacial score (nSPS) is 18.0. The molecule has 1 aliphatic heterocycles. The number of aromatic nitrogens is 4. The standard InChI is InChI=1S/C15H20N6/c1-11-18-12(10-14(19-11)20(2)3)13-6-4-9-21(13)15-16-7-5-8-17-15/h5,7-8,10,13H,4,6,9H2,1-3H3/t13-/m0/s1. The SMILES string of the molecule is Cc1nc([C@@H]2CCCN2c2ncccn2)cc(N(C)C)n1. The monoisotopic (exact) mass is 284 g/mol. The molecule has 21 heavy (non-hydrogen) atoms. The van der Waals surface area contributed by atoms with Gasteiger partial charge in [-0.05, 0) is 25.8 Å². The molecule has 3 rings (SSSR count). The van der Waals surface area contributed by atoms with E-state index >= 15 is 0 Å². The zero-order valence-electron chi connectivity index (χ0n) is 12.7. The molecule has 1 atom stereocenters. The lowest BCUT2D eigenvalue weighted by molar-refractivity contribution is 0.672. The lowest BCUT2D eigenvalue weighted by Gasteiger charge is -2.25. The lowest BCUT2D eigenvalue weighted by Crippen LogP contribution is -2.26. The summed E-state index contributed by atoms with van der Waals surface area (Å²) in [5.41, 5.74) is 1.05. The molecule has 6 nitrogen and oxygen atoms in total. The van der Waals surface area contributed by atoms with Gasteiger partial charge in [0.05, 0.1) is 11.7 Å². The summed E-state index contributed by atoms with van der Waals surface area (Å²) in [5, 5.41) is 0. The highest BCUT2D eigenvalue weighted by Crippen LogP contribution is 2.34. The highest BCUT2D eigenvalue weighted by molar-refractivity contribution is 5.42. The summed E-state index contributed by atoms with van der Waals surface area (Å²) >= 11 is 0. The van der Waals surface area contributed by atoms with Crippen molar-refractivity contribution in [2.75, 3.05) is 30.4 Å². The van der Waals surface area contributed by atoms with Gasteiger partial charge in [0.25, 0.3) is 0 Å². The Morgan fingerprint density at radius 3 is 2.67 bits per heavy atom. The van der Waals surface area contributed by atoms with Gasteiger partial charge in [-0.1, -0.05) is 0 Å². The molecule has 0 bridgehead atoms. The summed E-state index contributed by atoms with van der Waals surface area (Å²) in [6.45, 7) is 2.91. The van der Waals surface area contributed by atoms with Crippen LogP contribution in [0.1, 0.15) is 30.4 Å². The van der Waals surface area contributed by atoms with Crippen LogP contribution in [0.15, 0.2) is 24.5 Å². The van der Waals surface area contributed by atoms with Gasteiger partial charge in [0.1, 0.15) is 11.6 Å². The number of rotatable bonds is 3. The van der Waals surface area contributed by atoms with Gasteiger partial charge in [-0.2, -0.15) is 0 Å². The van der Waals surface area contributed by atoms with Crippen LogP contribution in [0.4, 0.5) is 11.8 Å². The van der Waals surface area contributed by atoms with E-state index in [0.29, 0.717) is 0 Å². The maximum atomic E-state index is 4.64. The Morgan fingerprint density at radius 2 is 1.95 bits per heavy atom. The molecule has 2 aromatic rings. The molecule has 110 valence electrons. The lowest BCUT2D eigenvalue weighted by atomic mass is 10.1. The predicted molar refractivity (Wildman–Crippen MR) is 82.4 cm³/mol. The van der Waals surface area contributed by atoms with Gasteiger partial charge in [-0.15, -0.1) is 0 Å². The minimum Gasteiger partial charge on any atom is -0.363 e. The van der Waals surface area contributed by atoms with Crippen molar-refractivity contribution in [1.29, 1.82) is 0 Å². The molecular weight excluding hydrogens is 264 g/mol. The highest BCUT2D eigenvalue weighted by atomic mass is 15.3. The Balaban J connectivity index is 1.95. The van der Waals surface area contributed by atoms with Crippen LogP contribution < -0.4 is 9.80 Å². The van der Waals surface area contributed by atoms with Gasteiger partial charge in [0, 0.05) is 39.1 Å². The molecule has 1 fully saturated rings. The molecular formula is C15H20N6. The van der Waals surface area contributed by atoms with Gasteiger partial charge >= 0.3 is 0 Å². The van der Waals surface area contributed by atoms with Crippen LogP contribution in [0.25, 0.3) is 0 Å². The third-order valence-corrected chi connectivity index (χ3v) is 3.71. The molecule has 0 spiro atoms. The van der Waals surface area contributed by atoms with Crippen molar-refractivity contribution in [3.8, 4) is 0 Å². The Kier molecular flexibility index (Phi) is 3.68. The first-order valence-electron chi connectivity index (χ1n) is 7.22. The molecule has 0 saturated carbocycles. The minimum absolute atomic E-state index is 0.229. The third kappa shape index (κ3) is 2.79. The fourth-order valence-corrected chi connectivity index (χ4v) is 2.73. The molecule has 0 aliphatic carbocycles. The summed E-state index contributed by atoms with van der Waals surface area (Å²) < 4.78 is 0. The van der Waals surface area contributed by atoms with Crippen molar-refractivity contribution < 1.29 is 0 Å². The Morgan fingerprint density at radius 1 is 1.19 bits per heavy atom. The summed E-state index contributed by atoms with van der Waals surface area (Å²) in [6, 6.07) is 4.14. The first-order chi connectivity index (χ1) is 10.1. The molecule has 0 amide bonds. The Bertz CT molecular complexity index is 613. The first kappa shape index (κ1) is 13.7. The van der Waals surface area contributed by atoms with Crippen molar-refractivity contribution in [2.24, 2.45) is 0 Å². The maximum absolute atomic E-state index is 4.64. The quantitative estimate of drug-likeness (QED) is 0.859. The summed E-state index contributed by atoms with van der Waals surface area (Å²) in [7, 11) is 4.00. The second-order valence-corrected chi connectivity index (χ2v) is 5.49. The van der Waals surface area contributed by atoms with Crippen molar-refractivity contribution in [1.82, 2.24) is 19.9 Å². The second-order valence-electron chi connectivity index (χ2n) is 5.49. The van der Waals surface area contributed by atoms with Crippen molar-refractivity contribution in [2.45, 2.75) is 25.8 Å². The number of nitrogens with zero attached hydrogens (tertiary/aromatic N) is 6. The van der Waals surface area contributed by atoms with Crippen LogP contribution in [0.5, 0.6) is 0 Å². The first-order valence-corrected chi connectivity index (χ1v) is 7.22. The topological polar surface area (TPSA) is 58.0 Å². The van der Waals surface area contributed by atoms with Crippen molar-refractivity contribution in [3.05, 3.63) is 36.0 Å². The summed E-state index contributed by atoms with van der Waals surface area (Å²) in [5.74, 6) is 2.53. The van der Waals surface area contributed by atoms with Gasteiger partial charge in [-0.25, -0.2) is 19.9 Å². The third-order valence-electron chi connectivity index (χ3n) is 3.71. The second kappa shape index (κ2) is 5.63. The number of hydrogen-bond donors (Lipinski definition) is 0. The summed E-state index contributed by atoms with van der Waals surface area (Å²) in [6.07, 6.45) is 5.77. The fourth-order valence-electron chi connectivity index (χ4n) is 2.73. The smallest absolute Gasteiger partial charge is 0.225 e. The zero-order valence-corrected chi connectivity index (χ0v) is 12.7. The van der Waals surface area contributed by atoms with E-state index in [1.165, 1.54) is 0 Å². The molecule has 3 heterocycles. The van der Waals surface area contributed by atoms with E-state index in [4.69, 9.17) is 0 Å². The van der Waals surface area contributed by atoms with Crippen LogP contribution in [0.2, 0.25) is 0 Å². The van der Waals surface area contributed by atoms with Crippen LogP contribution in [0, 0.1) is 6.92 Å². The van der Waals surface area contributed by atoms with E-state index in [-0.39, 0.29) is 6.04 Å². The number of aryl methyl sites for hydroxylation is 1. The van der Waals surface area contributed by atoms with Crippen molar-refractivity contribution >= 4 is 11.8 Å². The fraction of sp³-hybridized carbons (Fsp3) is 0.467. The van der Waals surface area contributed by atoms with Crippen molar-refractivity contribution in [3.63, 3.8) is 0 Å². The largest absolute Gasteiger partial charge is 0.363 e. The van der Waals surface area contributed by atoms with E-state index in [2.05, 4.69) is 30.9 Å². The Hall–Kier alpha value is -2.24. The summed E-state index contributed by atoms with van der Waals surface area (Å²) in [4.78, 5) is 22.1. The molecule has 2 aromatic heterocycles. The Labute approximate surface area is 124 Å². The number of hydrogen-bond acceptors (Lipinski definition) is 6. The maximum Gasteiger partial charge on any atom is 0.225 e. The van der Waals surface area contributed by atoms with Gasteiger partial charge in [-0.3, -0.25) is 0 Å². The molecule has 1 saturated heterocycles. The van der Waals surface area contributed by atoms with Gasteiger partial charge in [0.15, 0.2) is 0 Å². The zero-order chi connectivity index (χ0) is 14.8. The van der Waals surface area contributed by atoms with Crippen LogP contribution >= 0.6 is 0 Å². The van der Waals surface area contributed by atoms with Gasteiger partial charge < -0.3 is 9.80 Å². The van der Waals surface area contributed by atoms with Gasteiger partial charge in [0.2, 0.25) is 5.95 Å². The van der Waals surface area contributed by atoms with E-state index in [1.807, 2.05) is 32.0 Å². The molecule has 6 heteroatoms. The van der Waals surface area contributed by atoms with Crippen LogP contribution in [-0.2, 0) is 0 Å². The van der Waals surface area contributed by atoms with E-state index in [0.717, 1.165) is 42.7 Å². The van der Waals surface area contributed by atoms with E-state index in [9.17, 15) is 0 Å². The van der Waals surface area contributed by atoms with E-state index in [1.54, 1.807) is 12.4 Å². The average molecular weight is 284 g/mol. The highest BCUT2D eigenvalue weighted by Gasteiger charge is 2.29. The van der Waals surface area contributed by atoms with Crippen LogP contribution in [0.3, 0.4) is 0 Å². The molecule has 0 N–H and O–H groups in total. The molecule has 0 unspecified atom stereocenters. The molecule has 0 radical (unpaired) electrons.